The Labute approximate surface area is 155 Å². The zero-order chi connectivity index (χ0) is 19.2. The van der Waals surface area contributed by atoms with Gasteiger partial charge in [-0.15, -0.1) is 0 Å². The van der Waals surface area contributed by atoms with Crippen molar-refractivity contribution < 1.29 is 17.6 Å². The van der Waals surface area contributed by atoms with Crippen molar-refractivity contribution in [3.8, 4) is 0 Å². The summed E-state index contributed by atoms with van der Waals surface area (Å²) in [6, 6.07) is 6.27. The van der Waals surface area contributed by atoms with Crippen LogP contribution in [-0.4, -0.2) is 56.8 Å². The number of rotatable bonds is 8. The maximum atomic E-state index is 13.0. The molecule has 1 amide bonds. The third-order valence-corrected chi connectivity index (χ3v) is 6.26. The van der Waals surface area contributed by atoms with E-state index in [9.17, 15) is 17.6 Å². The van der Waals surface area contributed by atoms with Crippen LogP contribution < -0.4 is 4.72 Å². The lowest BCUT2D eigenvalue weighted by atomic mass is 9.98. The predicted molar refractivity (Wildman–Crippen MR) is 99.3 cm³/mol. The highest BCUT2D eigenvalue weighted by Crippen LogP contribution is 2.21. The molecule has 1 aromatic rings. The number of aryl methyl sites for hydroxylation is 1. The average Bonchev–Trinajstić information content (AvgIpc) is 2.61. The zero-order valence-electron chi connectivity index (χ0n) is 15.4. The van der Waals surface area contributed by atoms with E-state index in [2.05, 4.69) is 4.72 Å². The van der Waals surface area contributed by atoms with E-state index < -0.39 is 10.2 Å². The molecule has 0 spiro atoms. The molecule has 1 aromatic carbocycles. The van der Waals surface area contributed by atoms with Gasteiger partial charge in [-0.25, -0.2) is 9.11 Å². The smallest absolute Gasteiger partial charge is 0.278 e. The van der Waals surface area contributed by atoms with Gasteiger partial charge in [0.05, 0.1) is 0 Å². The van der Waals surface area contributed by atoms with Gasteiger partial charge >= 0.3 is 0 Å². The van der Waals surface area contributed by atoms with Crippen LogP contribution in [0.25, 0.3) is 0 Å². The largest absolute Gasteiger partial charge is 0.340 e. The van der Waals surface area contributed by atoms with Crippen molar-refractivity contribution in [3.63, 3.8) is 0 Å². The average molecular weight is 386 g/mol. The Bertz CT molecular complexity index is 692. The molecule has 0 aliphatic carbocycles. The minimum atomic E-state index is -3.44. The van der Waals surface area contributed by atoms with E-state index in [4.69, 9.17) is 0 Å². The fourth-order valence-corrected chi connectivity index (χ4v) is 3.79. The molecule has 1 heterocycles. The standard InChI is InChI=1S/C18H28FN3O3S/c1-21(2)26(24,25)20-13-12-17-5-3-4-14-22(17)18(23)11-8-15-6-9-16(19)10-7-15/h6-7,9-10,17,20H,3-5,8,11-14H2,1-2H3/t17-/m1/s1. The maximum absolute atomic E-state index is 13.0. The van der Waals surface area contributed by atoms with E-state index in [1.165, 1.54) is 26.2 Å². The first-order valence-corrected chi connectivity index (χ1v) is 10.4. The summed E-state index contributed by atoms with van der Waals surface area (Å²) in [7, 11) is -0.477. The number of amides is 1. The van der Waals surface area contributed by atoms with Crippen molar-refractivity contribution in [2.45, 2.75) is 44.6 Å². The highest BCUT2D eigenvalue weighted by atomic mass is 32.2. The number of carbonyl (C=O) groups excluding carboxylic acids is 1. The minimum absolute atomic E-state index is 0.0642. The molecule has 0 aromatic heterocycles. The summed E-state index contributed by atoms with van der Waals surface area (Å²) in [4.78, 5) is 14.5. The van der Waals surface area contributed by atoms with Crippen LogP contribution in [0.15, 0.2) is 24.3 Å². The summed E-state index contributed by atoms with van der Waals surface area (Å²) in [5.74, 6) is -0.203. The number of nitrogens with zero attached hydrogens (tertiary/aromatic N) is 2. The van der Waals surface area contributed by atoms with Crippen molar-refractivity contribution in [2.75, 3.05) is 27.2 Å². The quantitative estimate of drug-likeness (QED) is 0.743. The second kappa shape index (κ2) is 9.43. The van der Waals surface area contributed by atoms with Gasteiger partial charge in [-0.1, -0.05) is 12.1 Å². The van der Waals surface area contributed by atoms with Gasteiger partial charge in [0.15, 0.2) is 0 Å². The van der Waals surface area contributed by atoms with Gasteiger partial charge in [-0.3, -0.25) is 4.79 Å². The van der Waals surface area contributed by atoms with Gasteiger partial charge in [0.2, 0.25) is 5.91 Å². The zero-order valence-corrected chi connectivity index (χ0v) is 16.3. The second-order valence-electron chi connectivity index (χ2n) is 6.83. The Balaban J connectivity index is 1.86. The third-order valence-electron chi connectivity index (χ3n) is 4.73. The monoisotopic (exact) mass is 385 g/mol. The number of likely N-dealkylation sites (tertiary alicyclic amines) is 1. The number of nitrogens with one attached hydrogen (secondary N) is 1. The van der Waals surface area contributed by atoms with Gasteiger partial charge in [-0.05, 0) is 49.8 Å². The number of hydrogen-bond acceptors (Lipinski definition) is 3. The SMILES string of the molecule is CN(C)S(=O)(=O)NCC[C@H]1CCCCN1C(=O)CCc1ccc(F)cc1. The van der Waals surface area contributed by atoms with Crippen molar-refractivity contribution in [2.24, 2.45) is 0 Å². The van der Waals surface area contributed by atoms with Gasteiger partial charge in [0.1, 0.15) is 5.82 Å². The lowest BCUT2D eigenvalue weighted by Crippen LogP contribution is -2.46. The Morgan fingerprint density at radius 2 is 1.96 bits per heavy atom. The highest BCUT2D eigenvalue weighted by molar-refractivity contribution is 7.87. The summed E-state index contributed by atoms with van der Waals surface area (Å²) in [5.41, 5.74) is 0.937. The number of benzene rings is 1. The minimum Gasteiger partial charge on any atom is -0.340 e. The van der Waals surface area contributed by atoms with Gasteiger partial charge in [0, 0.05) is 39.6 Å². The predicted octanol–water partition coefficient (Wildman–Crippen LogP) is 1.93. The molecule has 1 N–H and O–H groups in total. The van der Waals surface area contributed by atoms with E-state index in [0.717, 1.165) is 29.1 Å². The van der Waals surface area contributed by atoms with Gasteiger partial charge in [-0.2, -0.15) is 12.7 Å². The van der Waals surface area contributed by atoms with Crippen LogP contribution in [0.4, 0.5) is 4.39 Å². The molecule has 6 nitrogen and oxygen atoms in total. The molecule has 0 saturated carbocycles. The summed E-state index contributed by atoms with van der Waals surface area (Å²) >= 11 is 0. The summed E-state index contributed by atoms with van der Waals surface area (Å²) in [6.07, 6.45) is 4.48. The molecule has 0 bridgehead atoms. The van der Waals surface area contributed by atoms with Crippen LogP contribution in [0.3, 0.4) is 0 Å². The highest BCUT2D eigenvalue weighted by Gasteiger charge is 2.26. The molecule has 8 heteroatoms. The van der Waals surface area contributed by atoms with Crippen LogP contribution in [0.2, 0.25) is 0 Å². The first-order valence-electron chi connectivity index (χ1n) is 9.00. The Hall–Kier alpha value is -1.51. The molecule has 0 unspecified atom stereocenters. The van der Waals surface area contributed by atoms with Crippen LogP contribution in [0, 0.1) is 5.82 Å². The number of hydrogen-bond donors (Lipinski definition) is 1. The van der Waals surface area contributed by atoms with Crippen molar-refractivity contribution in [1.82, 2.24) is 13.9 Å². The molecule has 0 radical (unpaired) electrons. The van der Waals surface area contributed by atoms with Gasteiger partial charge in [0.25, 0.3) is 10.2 Å². The third kappa shape index (κ3) is 6.03. The first-order chi connectivity index (χ1) is 12.3. The topological polar surface area (TPSA) is 69.7 Å². The van der Waals surface area contributed by atoms with E-state index >= 15 is 0 Å². The number of carbonyl (C=O) groups is 1. The molecule has 1 fully saturated rings. The Morgan fingerprint density at radius 1 is 1.27 bits per heavy atom. The Kier molecular flexibility index (Phi) is 7.55. The number of halogens is 1. The van der Waals surface area contributed by atoms with E-state index in [-0.39, 0.29) is 17.8 Å². The first kappa shape index (κ1) is 20.8. The molecule has 146 valence electrons. The molecular formula is C18H28FN3O3S. The van der Waals surface area contributed by atoms with Gasteiger partial charge < -0.3 is 4.90 Å². The lowest BCUT2D eigenvalue weighted by Gasteiger charge is -2.36. The normalized spacial score (nSPS) is 18.3. The van der Waals surface area contributed by atoms with E-state index in [1.54, 1.807) is 12.1 Å². The van der Waals surface area contributed by atoms with E-state index in [0.29, 0.717) is 32.4 Å². The van der Waals surface area contributed by atoms with Crippen LogP contribution >= 0.6 is 0 Å². The van der Waals surface area contributed by atoms with Crippen LogP contribution in [-0.2, 0) is 21.4 Å². The van der Waals surface area contributed by atoms with Crippen molar-refractivity contribution >= 4 is 16.1 Å². The molecular weight excluding hydrogens is 357 g/mol. The number of piperidine rings is 1. The van der Waals surface area contributed by atoms with E-state index in [1.807, 2.05) is 4.90 Å². The fourth-order valence-electron chi connectivity index (χ4n) is 3.16. The second-order valence-corrected chi connectivity index (χ2v) is 8.80. The van der Waals surface area contributed by atoms with Crippen LogP contribution in [0.5, 0.6) is 0 Å². The summed E-state index contributed by atoms with van der Waals surface area (Å²) in [6.45, 7) is 1.03. The molecule has 1 aliphatic rings. The molecule has 1 saturated heterocycles. The summed E-state index contributed by atoms with van der Waals surface area (Å²) < 4.78 is 40.2. The lowest BCUT2D eigenvalue weighted by molar-refractivity contribution is -0.134. The van der Waals surface area contributed by atoms with Crippen molar-refractivity contribution in [1.29, 1.82) is 0 Å². The molecule has 26 heavy (non-hydrogen) atoms. The molecule has 1 aliphatic heterocycles. The Morgan fingerprint density at radius 3 is 2.62 bits per heavy atom. The van der Waals surface area contributed by atoms with Crippen molar-refractivity contribution in [3.05, 3.63) is 35.6 Å². The maximum Gasteiger partial charge on any atom is 0.278 e. The summed E-state index contributed by atoms with van der Waals surface area (Å²) in [5, 5.41) is 0. The molecule has 1 atom stereocenters. The van der Waals surface area contributed by atoms with Crippen LogP contribution in [0.1, 0.15) is 37.7 Å². The molecule has 2 rings (SSSR count). The fraction of sp³-hybridized carbons (Fsp3) is 0.611.